The summed E-state index contributed by atoms with van der Waals surface area (Å²) in [6, 6.07) is 8.66. The first kappa shape index (κ1) is 17.4. The molecule has 0 amide bonds. The highest BCUT2D eigenvalue weighted by Crippen LogP contribution is 2.16. The van der Waals surface area contributed by atoms with Gasteiger partial charge in [0.05, 0.1) is 11.4 Å². The van der Waals surface area contributed by atoms with Gasteiger partial charge in [0.25, 0.3) is 5.56 Å². The van der Waals surface area contributed by atoms with Crippen molar-refractivity contribution in [2.45, 2.75) is 13.8 Å². The summed E-state index contributed by atoms with van der Waals surface area (Å²) >= 11 is 0. The van der Waals surface area contributed by atoms with E-state index in [-0.39, 0.29) is 11.4 Å². The molecule has 8 heteroatoms. The molecule has 2 aromatic heterocycles. The summed E-state index contributed by atoms with van der Waals surface area (Å²) < 4.78 is 3.72. The summed E-state index contributed by atoms with van der Waals surface area (Å²) in [5, 5.41) is 4.39. The van der Waals surface area contributed by atoms with E-state index in [0.717, 1.165) is 26.2 Å². The Morgan fingerprint density at radius 2 is 1.65 bits per heavy atom. The van der Waals surface area contributed by atoms with E-state index in [2.05, 4.69) is 5.10 Å². The smallest absolute Gasteiger partial charge is 0.332 e. The fourth-order valence-corrected chi connectivity index (χ4v) is 2.86. The van der Waals surface area contributed by atoms with E-state index < -0.39 is 17.0 Å². The van der Waals surface area contributed by atoms with Crippen LogP contribution in [0.3, 0.4) is 0 Å². The molecule has 3 rings (SSSR count). The quantitative estimate of drug-likeness (QED) is 0.698. The highest BCUT2D eigenvalue weighted by atomic mass is 16.2. The number of ketones is 1. The molecule has 0 fully saturated rings. The number of nitrogens with two attached hydrogens (primary N) is 1. The Balaban J connectivity index is 2.06. The Morgan fingerprint density at radius 3 is 2.19 bits per heavy atom. The molecule has 1 aromatic carbocycles. The topological polar surface area (TPSA) is 105 Å². The predicted octanol–water partition coefficient (Wildman–Crippen LogP) is 0.700. The van der Waals surface area contributed by atoms with E-state index in [1.807, 2.05) is 19.9 Å². The van der Waals surface area contributed by atoms with Crippen LogP contribution in [-0.4, -0.2) is 24.7 Å². The van der Waals surface area contributed by atoms with Gasteiger partial charge in [0.15, 0.2) is 0 Å². The molecule has 0 bridgehead atoms. The lowest BCUT2D eigenvalue weighted by atomic mass is 10.0. The molecule has 26 heavy (non-hydrogen) atoms. The Morgan fingerprint density at radius 1 is 1.04 bits per heavy atom. The molecular formula is C18H19N5O3. The number of benzene rings is 1. The molecule has 2 N–H and O–H groups in total. The Kier molecular flexibility index (Phi) is 4.11. The van der Waals surface area contributed by atoms with E-state index in [1.165, 1.54) is 14.1 Å². The fourth-order valence-electron chi connectivity index (χ4n) is 2.86. The molecule has 8 nitrogen and oxygen atoms in total. The molecule has 0 radical (unpaired) electrons. The lowest BCUT2D eigenvalue weighted by molar-refractivity contribution is 0.103. The second-order valence-corrected chi connectivity index (χ2v) is 6.18. The van der Waals surface area contributed by atoms with Crippen LogP contribution in [0.15, 0.2) is 39.9 Å². The van der Waals surface area contributed by atoms with Crippen LogP contribution in [0.5, 0.6) is 0 Å². The zero-order chi connectivity index (χ0) is 19.2. The minimum absolute atomic E-state index is 0.147. The number of aryl methyl sites for hydroxylation is 2. The zero-order valence-electron chi connectivity index (χ0n) is 15.0. The van der Waals surface area contributed by atoms with Gasteiger partial charge in [-0.1, -0.05) is 0 Å². The van der Waals surface area contributed by atoms with Crippen molar-refractivity contribution in [3.63, 3.8) is 0 Å². The number of nitrogen functional groups attached to an aromatic ring is 1. The number of anilines is 1. The number of carbonyl (C=O) groups is 1. The van der Waals surface area contributed by atoms with Crippen LogP contribution >= 0.6 is 0 Å². The summed E-state index contributed by atoms with van der Waals surface area (Å²) in [6.07, 6.45) is 0. The van der Waals surface area contributed by atoms with Gasteiger partial charge in [-0.3, -0.25) is 18.7 Å². The third-order valence-corrected chi connectivity index (χ3v) is 4.32. The van der Waals surface area contributed by atoms with Crippen LogP contribution in [0, 0.1) is 13.8 Å². The molecule has 0 aliphatic rings. The Labute approximate surface area is 149 Å². The second kappa shape index (κ2) is 6.14. The number of carbonyl (C=O) groups excluding carboxylic acids is 1. The molecule has 0 aliphatic carbocycles. The maximum Gasteiger partial charge on any atom is 0.332 e. The van der Waals surface area contributed by atoms with Gasteiger partial charge in [-0.2, -0.15) is 5.10 Å². The van der Waals surface area contributed by atoms with Gasteiger partial charge in [0.1, 0.15) is 11.4 Å². The van der Waals surface area contributed by atoms with Crippen LogP contribution in [0.1, 0.15) is 27.3 Å². The average molecular weight is 353 g/mol. The summed E-state index contributed by atoms with van der Waals surface area (Å²) in [6.45, 7) is 3.84. The highest BCUT2D eigenvalue weighted by molar-refractivity contribution is 6.11. The average Bonchev–Trinajstić information content (AvgIpc) is 2.96. The number of rotatable bonds is 3. The minimum Gasteiger partial charge on any atom is -0.384 e. The SMILES string of the molecule is Cc1cc(C)n(-c2ccc(C(=O)c3c(N)n(C)c(=O)n(C)c3=O)cc2)n1. The maximum atomic E-state index is 12.8. The lowest BCUT2D eigenvalue weighted by Crippen LogP contribution is -2.41. The first-order valence-corrected chi connectivity index (χ1v) is 7.96. The normalized spacial score (nSPS) is 10.9. The van der Waals surface area contributed by atoms with E-state index >= 15 is 0 Å². The van der Waals surface area contributed by atoms with E-state index in [1.54, 1.807) is 28.9 Å². The molecule has 0 aliphatic heterocycles. The molecule has 0 spiro atoms. The Bertz CT molecular complexity index is 1130. The first-order chi connectivity index (χ1) is 12.2. The van der Waals surface area contributed by atoms with Crippen molar-refractivity contribution in [1.29, 1.82) is 0 Å². The van der Waals surface area contributed by atoms with Crippen molar-refractivity contribution >= 4 is 11.6 Å². The molecule has 0 saturated heterocycles. The maximum absolute atomic E-state index is 12.8. The van der Waals surface area contributed by atoms with Crippen LogP contribution in [0.25, 0.3) is 5.69 Å². The molecular weight excluding hydrogens is 334 g/mol. The van der Waals surface area contributed by atoms with Gasteiger partial charge in [0, 0.05) is 25.4 Å². The third-order valence-electron chi connectivity index (χ3n) is 4.32. The zero-order valence-corrected chi connectivity index (χ0v) is 15.0. The minimum atomic E-state index is -0.710. The van der Waals surface area contributed by atoms with Gasteiger partial charge < -0.3 is 5.73 Å². The molecule has 2 heterocycles. The molecule has 0 atom stereocenters. The number of aromatic nitrogens is 4. The Hall–Kier alpha value is -3.42. The number of hydrogen-bond donors (Lipinski definition) is 1. The summed E-state index contributed by atoms with van der Waals surface area (Å²) in [7, 11) is 2.73. The fraction of sp³-hybridized carbons (Fsp3) is 0.222. The predicted molar refractivity (Wildman–Crippen MR) is 97.8 cm³/mol. The van der Waals surface area contributed by atoms with Gasteiger partial charge in [-0.05, 0) is 44.2 Å². The van der Waals surface area contributed by atoms with Crippen molar-refractivity contribution in [1.82, 2.24) is 18.9 Å². The summed E-state index contributed by atoms with van der Waals surface area (Å²) in [5.41, 5.74) is 7.31. The van der Waals surface area contributed by atoms with E-state index in [0.29, 0.717) is 5.56 Å². The van der Waals surface area contributed by atoms with E-state index in [9.17, 15) is 14.4 Å². The van der Waals surface area contributed by atoms with Crippen molar-refractivity contribution in [3.05, 3.63) is 73.7 Å². The monoisotopic (exact) mass is 353 g/mol. The molecule has 3 aromatic rings. The van der Waals surface area contributed by atoms with Crippen molar-refractivity contribution in [2.75, 3.05) is 5.73 Å². The highest BCUT2D eigenvalue weighted by Gasteiger charge is 2.21. The van der Waals surface area contributed by atoms with Crippen LogP contribution < -0.4 is 17.0 Å². The molecule has 0 unspecified atom stereocenters. The first-order valence-electron chi connectivity index (χ1n) is 7.96. The number of hydrogen-bond acceptors (Lipinski definition) is 5. The standard InChI is InChI=1S/C18H19N5O3/c1-10-9-11(2)23(20-10)13-7-5-12(6-8-13)15(24)14-16(19)21(3)18(26)22(4)17(14)25/h5-9H,19H2,1-4H3. The van der Waals surface area contributed by atoms with Crippen molar-refractivity contribution in [2.24, 2.45) is 14.1 Å². The van der Waals surface area contributed by atoms with Crippen LogP contribution in [0.2, 0.25) is 0 Å². The largest absolute Gasteiger partial charge is 0.384 e. The third kappa shape index (κ3) is 2.65. The van der Waals surface area contributed by atoms with Crippen LogP contribution in [0.4, 0.5) is 5.82 Å². The van der Waals surface area contributed by atoms with Crippen molar-refractivity contribution < 1.29 is 4.79 Å². The summed E-state index contributed by atoms with van der Waals surface area (Å²) in [5.74, 6) is -0.677. The second-order valence-electron chi connectivity index (χ2n) is 6.18. The van der Waals surface area contributed by atoms with Gasteiger partial charge >= 0.3 is 5.69 Å². The molecule has 0 saturated carbocycles. The van der Waals surface area contributed by atoms with Gasteiger partial charge in [-0.15, -0.1) is 0 Å². The van der Waals surface area contributed by atoms with Crippen LogP contribution in [-0.2, 0) is 14.1 Å². The lowest BCUT2D eigenvalue weighted by Gasteiger charge is -2.11. The summed E-state index contributed by atoms with van der Waals surface area (Å²) in [4.78, 5) is 37.0. The van der Waals surface area contributed by atoms with Gasteiger partial charge in [0.2, 0.25) is 5.78 Å². The number of nitrogens with zero attached hydrogens (tertiary/aromatic N) is 4. The van der Waals surface area contributed by atoms with Crippen molar-refractivity contribution in [3.8, 4) is 5.69 Å². The van der Waals surface area contributed by atoms with E-state index in [4.69, 9.17) is 5.73 Å². The molecule has 134 valence electrons. The van der Waals surface area contributed by atoms with Gasteiger partial charge in [-0.25, -0.2) is 9.48 Å².